The lowest BCUT2D eigenvalue weighted by Crippen LogP contribution is -2.24. The normalized spacial score (nSPS) is 20.8. The molecule has 0 aromatic carbocycles. The Morgan fingerprint density at radius 2 is 2.22 bits per heavy atom. The quantitative estimate of drug-likeness (QED) is 0.617. The standard InChI is InChI=1S/C13H19Cl2N3/c1-9-4-3-5-11(13(15)12(9)14)8-18-10(2)17-7-6-16/h3-5,9H,6-8,16H2,1-2H3,(H,17,18). The Bertz CT molecular complexity index is 408. The molecule has 0 amide bonds. The Morgan fingerprint density at radius 3 is 2.89 bits per heavy atom. The van der Waals surface area contributed by atoms with Gasteiger partial charge in [-0.15, -0.1) is 0 Å². The van der Waals surface area contributed by atoms with Crippen LogP contribution in [0.3, 0.4) is 0 Å². The fourth-order valence-corrected chi connectivity index (χ4v) is 1.99. The summed E-state index contributed by atoms with van der Waals surface area (Å²) in [6.07, 6.45) is 5.97. The zero-order valence-electron chi connectivity index (χ0n) is 10.7. The average molecular weight is 288 g/mol. The summed E-state index contributed by atoms with van der Waals surface area (Å²) >= 11 is 12.5. The van der Waals surface area contributed by atoms with Crippen LogP contribution >= 0.6 is 23.2 Å². The van der Waals surface area contributed by atoms with Crippen molar-refractivity contribution in [3.8, 4) is 0 Å². The van der Waals surface area contributed by atoms with Gasteiger partial charge >= 0.3 is 0 Å². The predicted molar refractivity (Wildman–Crippen MR) is 80.2 cm³/mol. The largest absolute Gasteiger partial charge is 0.370 e. The molecule has 100 valence electrons. The van der Waals surface area contributed by atoms with Crippen molar-refractivity contribution >= 4 is 29.0 Å². The number of hydrogen-bond donors (Lipinski definition) is 2. The second-order valence-electron chi connectivity index (χ2n) is 4.14. The van der Waals surface area contributed by atoms with Crippen LogP contribution < -0.4 is 11.1 Å². The molecule has 1 atom stereocenters. The molecular formula is C13H19Cl2N3. The molecule has 0 heterocycles. The topological polar surface area (TPSA) is 50.4 Å². The highest BCUT2D eigenvalue weighted by molar-refractivity contribution is 6.41. The molecule has 1 aliphatic carbocycles. The molecule has 0 fully saturated rings. The summed E-state index contributed by atoms with van der Waals surface area (Å²) < 4.78 is 0. The van der Waals surface area contributed by atoms with Gasteiger partial charge in [-0.25, -0.2) is 0 Å². The summed E-state index contributed by atoms with van der Waals surface area (Å²) in [5.74, 6) is 1.00. The van der Waals surface area contributed by atoms with E-state index in [9.17, 15) is 0 Å². The number of nitrogens with two attached hydrogens (primary N) is 1. The molecule has 1 unspecified atom stereocenters. The molecule has 18 heavy (non-hydrogen) atoms. The molecule has 0 spiro atoms. The third kappa shape index (κ3) is 4.48. The van der Waals surface area contributed by atoms with Crippen LogP contribution in [0.4, 0.5) is 0 Å². The average Bonchev–Trinajstić information content (AvgIpc) is 2.48. The minimum atomic E-state index is 0.153. The lowest BCUT2D eigenvalue weighted by molar-refractivity contribution is 0.908. The number of nitrogens with zero attached hydrogens (tertiary/aromatic N) is 1. The van der Waals surface area contributed by atoms with Gasteiger partial charge in [-0.05, 0) is 12.5 Å². The van der Waals surface area contributed by atoms with Crippen LogP contribution in [0.2, 0.25) is 0 Å². The molecule has 3 N–H and O–H groups in total. The molecule has 3 nitrogen and oxygen atoms in total. The van der Waals surface area contributed by atoms with Crippen LogP contribution in [-0.4, -0.2) is 25.5 Å². The Kier molecular flexibility index (Phi) is 6.47. The summed E-state index contributed by atoms with van der Waals surface area (Å²) in [6.45, 7) is 5.70. The van der Waals surface area contributed by atoms with Gasteiger partial charge in [-0.3, -0.25) is 4.99 Å². The first-order chi connectivity index (χ1) is 8.56. The fraction of sp³-hybridized carbons (Fsp3) is 0.462. The summed E-state index contributed by atoms with van der Waals surface area (Å²) in [7, 11) is 0. The molecular weight excluding hydrogens is 269 g/mol. The molecule has 1 rings (SSSR count). The molecule has 0 saturated carbocycles. The van der Waals surface area contributed by atoms with Gasteiger partial charge in [0, 0.05) is 24.0 Å². The Balaban J connectivity index is 2.67. The van der Waals surface area contributed by atoms with Crippen molar-refractivity contribution in [3.63, 3.8) is 0 Å². The molecule has 0 bridgehead atoms. The second kappa shape index (κ2) is 7.62. The highest BCUT2D eigenvalue weighted by Crippen LogP contribution is 2.30. The maximum Gasteiger partial charge on any atom is 0.0934 e. The summed E-state index contributed by atoms with van der Waals surface area (Å²) in [6, 6.07) is 0. The molecule has 0 aromatic rings. The maximum absolute atomic E-state index is 6.26. The highest BCUT2D eigenvalue weighted by Gasteiger charge is 2.14. The van der Waals surface area contributed by atoms with E-state index in [1.54, 1.807) is 0 Å². The van der Waals surface area contributed by atoms with Gasteiger partial charge < -0.3 is 11.1 Å². The van der Waals surface area contributed by atoms with Gasteiger partial charge in [-0.2, -0.15) is 0 Å². The summed E-state index contributed by atoms with van der Waals surface area (Å²) in [4.78, 5) is 4.25. The number of halogens is 2. The summed E-state index contributed by atoms with van der Waals surface area (Å²) in [5, 5.41) is 4.49. The van der Waals surface area contributed by atoms with Gasteiger partial charge in [0.05, 0.1) is 17.4 Å². The first kappa shape index (κ1) is 15.3. The van der Waals surface area contributed by atoms with E-state index in [1.807, 2.05) is 32.1 Å². The SMILES string of the molecule is C/C(=N\CCN)NCC1=CC=CC(C)C(Cl)=C1Cl. The molecule has 0 saturated heterocycles. The monoisotopic (exact) mass is 287 g/mol. The first-order valence-corrected chi connectivity index (χ1v) is 6.69. The van der Waals surface area contributed by atoms with Crippen molar-refractivity contribution in [2.45, 2.75) is 13.8 Å². The van der Waals surface area contributed by atoms with Crippen LogP contribution in [0, 0.1) is 5.92 Å². The summed E-state index contributed by atoms with van der Waals surface area (Å²) in [5.41, 5.74) is 6.35. The molecule has 0 aliphatic heterocycles. The van der Waals surface area contributed by atoms with E-state index in [4.69, 9.17) is 28.9 Å². The van der Waals surface area contributed by atoms with Crippen molar-refractivity contribution < 1.29 is 0 Å². The number of allylic oxidation sites excluding steroid dienone is 4. The molecule has 1 aliphatic rings. The van der Waals surface area contributed by atoms with Crippen LogP contribution in [0.5, 0.6) is 0 Å². The van der Waals surface area contributed by atoms with Gasteiger partial charge in [0.15, 0.2) is 0 Å². The van der Waals surface area contributed by atoms with Gasteiger partial charge in [0.25, 0.3) is 0 Å². The zero-order valence-corrected chi connectivity index (χ0v) is 12.2. The predicted octanol–water partition coefficient (Wildman–Crippen LogP) is 2.77. The van der Waals surface area contributed by atoms with E-state index in [2.05, 4.69) is 10.3 Å². The second-order valence-corrected chi connectivity index (χ2v) is 4.92. The van der Waals surface area contributed by atoms with E-state index >= 15 is 0 Å². The number of amidine groups is 1. The lowest BCUT2D eigenvalue weighted by atomic mass is 10.1. The Morgan fingerprint density at radius 1 is 1.50 bits per heavy atom. The van der Waals surface area contributed by atoms with Crippen molar-refractivity contribution in [1.82, 2.24) is 5.32 Å². The van der Waals surface area contributed by atoms with Gasteiger partial charge in [0.2, 0.25) is 0 Å². The minimum absolute atomic E-state index is 0.153. The van der Waals surface area contributed by atoms with E-state index in [0.29, 0.717) is 29.7 Å². The number of rotatable bonds is 4. The van der Waals surface area contributed by atoms with E-state index in [1.165, 1.54) is 0 Å². The van der Waals surface area contributed by atoms with E-state index in [0.717, 1.165) is 11.4 Å². The van der Waals surface area contributed by atoms with Crippen LogP contribution in [-0.2, 0) is 0 Å². The third-order valence-electron chi connectivity index (χ3n) is 2.60. The highest BCUT2D eigenvalue weighted by atomic mass is 35.5. The lowest BCUT2D eigenvalue weighted by Gasteiger charge is -2.11. The van der Waals surface area contributed by atoms with Crippen molar-refractivity contribution in [2.24, 2.45) is 16.6 Å². The smallest absolute Gasteiger partial charge is 0.0934 e. The molecule has 0 radical (unpaired) electrons. The van der Waals surface area contributed by atoms with E-state index in [-0.39, 0.29) is 5.92 Å². The number of aliphatic imine (C=N–C) groups is 1. The Labute approximate surface area is 118 Å². The minimum Gasteiger partial charge on any atom is -0.370 e. The number of nitrogens with one attached hydrogen (secondary N) is 1. The van der Waals surface area contributed by atoms with Crippen LogP contribution in [0.1, 0.15) is 13.8 Å². The third-order valence-corrected chi connectivity index (χ3v) is 3.68. The van der Waals surface area contributed by atoms with Crippen LogP contribution in [0.15, 0.2) is 38.9 Å². The number of hydrogen-bond acceptors (Lipinski definition) is 2. The molecule has 5 heteroatoms. The van der Waals surface area contributed by atoms with Gasteiger partial charge in [0.1, 0.15) is 0 Å². The first-order valence-electron chi connectivity index (χ1n) is 5.94. The maximum atomic E-state index is 6.26. The van der Waals surface area contributed by atoms with Crippen molar-refractivity contribution in [1.29, 1.82) is 0 Å². The fourth-order valence-electron chi connectivity index (χ4n) is 1.50. The van der Waals surface area contributed by atoms with E-state index < -0.39 is 0 Å². The Hall–Kier alpha value is -0.770. The zero-order chi connectivity index (χ0) is 13.5. The van der Waals surface area contributed by atoms with Crippen molar-refractivity contribution in [3.05, 3.63) is 33.9 Å². The van der Waals surface area contributed by atoms with Crippen LogP contribution in [0.25, 0.3) is 0 Å². The van der Waals surface area contributed by atoms with Crippen molar-refractivity contribution in [2.75, 3.05) is 19.6 Å². The molecule has 0 aromatic heterocycles. The van der Waals surface area contributed by atoms with Gasteiger partial charge in [-0.1, -0.05) is 48.4 Å².